The van der Waals surface area contributed by atoms with Crippen LogP contribution in [0.2, 0.25) is 10.0 Å². The summed E-state index contributed by atoms with van der Waals surface area (Å²) < 4.78 is 33.2. The number of esters is 2. The van der Waals surface area contributed by atoms with Crippen molar-refractivity contribution in [2.45, 2.75) is 98.9 Å². The first-order chi connectivity index (χ1) is 26.5. The quantitative estimate of drug-likeness (QED) is 0.0667. The molecule has 0 aliphatic carbocycles. The lowest BCUT2D eigenvalue weighted by molar-refractivity contribution is -0.159. The molecular weight excluding hydrogens is 892 g/mol. The predicted octanol–water partition coefficient (Wildman–Crippen LogP) is 11.9. The molecule has 3 N–H and O–H groups in total. The first-order valence-corrected chi connectivity index (χ1v) is 20.6. The zero-order valence-corrected chi connectivity index (χ0v) is 36.8. The van der Waals surface area contributed by atoms with Gasteiger partial charge in [0.1, 0.15) is 25.4 Å². The molecule has 0 saturated heterocycles. The Balaban J connectivity index is 1.26. The molecule has 0 radical (unpaired) electrons. The van der Waals surface area contributed by atoms with Crippen molar-refractivity contribution in [3.8, 4) is 11.5 Å². The monoisotopic (exact) mass is 935 g/mol. The SMILES string of the molecule is CCC(C)Nc1cc(C)cc(COc2c(Br)cc(NC(=O)CC(=O)OC(=O)CCc3cc(Cl)c(OCc4cc(C)cc(NC(C)CC)c4F)c(Cl)c3)cc2Br)c1. The third-order valence-electron chi connectivity index (χ3n) is 8.71. The summed E-state index contributed by atoms with van der Waals surface area (Å²) >= 11 is 19.9. The molecule has 2 atom stereocenters. The van der Waals surface area contributed by atoms with Crippen LogP contribution in [0.15, 0.2) is 63.5 Å². The molecule has 1 amide bonds. The highest BCUT2D eigenvalue weighted by molar-refractivity contribution is 9.11. The summed E-state index contributed by atoms with van der Waals surface area (Å²) in [6, 6.07) is 16.5. The zero-order chi connectivity index (χ0) is 41.1. The fourth-order valence-corrected chi connectivity index (χ4v) is 7.66. The van der Waals surface area contributed by atoms with E-state index in [2.05, 4.69) is 79.9 Å². The van der Waals surface area contributed by atoms with Crippen molar-refractivity contribution < 1.29 is 33.0 Å². The zero-order valence-electron chi connectivity index (χ0n) is 32.1. The molecule has 0 saturated carbocycles. The topological polar surface area (TPSA) is 115 Å². The number of amides is 1. The summed E-state index contributed by atoms with van der Waals surface area (Å²) in [4.78, 5) is 37.6. The van der Waals surface area contributed by atoms with Crippen LogP contribution in [0.1, 0.15) is 81.2 Å². The van der Waals surface area contributed by atoms with E-state index in [0.29, 0.717) is 49.8 Å². The van der Waals surface area contributed by atoms with Crippen molar-refractivity contribution in [3.63, 3.8) is 0 Å². The molecule has 0 bridgehead atoms. The van der Waals surface area contributed by atoms with Gasteiger partial charge in [0.25, 0.3) is 0 Å². The second kappa shape index (κ2) is 21.1. The summed E-state index contributed by atoms with van der Waals surface area (Å²) in [5.41, 5.74) is 5.71. The molecule has 0 aliphatic heterocycles. The van der Waals surface area contributed by atoms with Gasteiger partial charge in [-0.2, -0.15) is 0 Å². The normalized spacial score (nSPS) is 12.1. The summed E-state index contributed by atoms with van der Waals surface area (Å²) in [6.45, 7) is 12.4. The number of carbonyl (C=O) groups is 3. The molecule has 0 spiro atoms. The highest BCUT2D eigenvalue weighted by Gasteiger charge is 2.19. The van der Waals surface area contributed by atoms with Gasteiger partial charge in [-0.15, -0.1) is 0 Å². The number of anilines is 3. The van der Waals surface area contributed by atoms with E-state index in [4.69, 9.17) is 37.4 Å². The molecule has 0 aromatic heterocycles. The Bertz CT molecular complexity index is 2020. The van der Waals surface area contributed by atoms with E-state index in [1.54, 1.807) is 36.4 Å². The maximum absolute atomic E-state index is 15.2. The average molecular weight is 939 g/mol. The van der Waals surface area contributed by atoms with E-state index in [-0.39, 0.29) is 41.3 Å². The van der Waals surface area contributed by atoms with E-state index in [1.165, 1.54) is 0 Å². The van der Waals surface area contributed by atoms with Crippen LogP contribution in [0.5, 0.6) is 11.5 Å². The Kier molecular flexibility index (Phi) is 16.9. The van der Waals surface area contributed by atoms with Gasteiger partial charge in [-0.3, -0.25) is 14.4 Å². The van der Waals surface area contributed by atoms with Gasteiger partial charge in [-0.25, -0.2) is 4.39 Å². The Morgan fingerprint density at radius 2 is 1.34 bits per heavy atom. The average Bonchev–Trinajstić information content (AvgIpc) is 3.11. The van der Waals surface area contributed by atoms with Crippen LogP contribution in [0.25, 0.3) is 0 Å². The van der Waals surface area contributed by atoms with Crippen LogP contribution in [-0.4, -0.2) is 29.9 Å². The van der Waals surface area contributed by atoms with Gasteiger partial charge in [0.15, 0.2) is 11.6 Å². The van der Waals surface area contributed by atoms with Crippen molar-refractivity contribution in [2.24, 2.45) is 0 Å². The molecule has 300 valence electrons. The molecular formula is C42H46Br2Cl2FN3O6. The van der Waals surface area contributed by atoms with Crippen molar-refractivity contribution in [3.05, 3.63) is 107 Å². The van der Waals surface area contributed by atoms with E-state index in [0.717, 1.165) is 35.2 Å². The molecule has 2 unspecified atom stereocenters. The van der Waals surface area contributed by atoms with Crippen LogP contribution in [0.4, 0.5) is 21.5 Å². The Morgan fingerprint density at radius 3 is 1.98 bits per heavy atom. The molecule has 56 heavy (non-hydrogen) atoms. The van der Waals surface area contributed by atoms with E-state index < -0.39 is 30.1 Å². The lowest BCUT2D eigenvalue weighted by Crippen LogP contribution is -2.20. The molecule has 0 heterocycles. The molecule has 0 aliphatic rings. The molecule has 9 nitrogen and oxygen atoms in total. The number of aryl methyl sites for hydroxylation is 3. The second-order valence-electron chi connectivity index (χ2n) is 13.7. The molecule has 4 aromatic carbocycles. The van der Waals surface area contributed by atoms with Crippen LogP contribution in [-0.2, 0) is 38.8 Å². The van der Waals surface area contributed by atoms with Crippen LogP contribution >= 0.6 is 55.1 Å². The van der Waals surface area contributed by atoms with E-state index in [9.17, 15) is 14.4 Å². The largest absolute Gasteiger partial charge is 0.487 e. The highest BCUT2D eigenvalue weighted by Crippen LogP contribution is 2.38. The van der Waals surface area contributed by atoms with Gasteiger partial charge in [0.2, 0.25) is 5.91 Å². The van der Waals surface area contributed by atoms with Gasteiger partial charge < -0.3 is 30.2 Å². The van der Waals surface area contributed by atoms with Crippen LogP contribution in [0, 0.1) is 19.7 Å². The Hall–Kier alpha value is -3.84. The minimum absolute atomic E-state index is 0.0924. The van der Waals surface area contributed by atoms with Crippen molar-refractivity contribution in [1.82, 2.24) is 0 Å². The lowest BCUT2D eigenvalue weighted by atomic mass is 10.1. The van der Waals surface area contributed by atoms with Crippen molar-refractivity contribution in [1.29, 1.82) is 0 Å². The number of hydrogen-bond donors (Lipinski definition) is 3. The molecule has 14 heteroatoms. The fraction of sp³-hybridized carbons (Fsp3) is 0.357. The minimum atomic E-state index is -1.00. The Labute approximate surface area is 354 Å². The summed E-state index contributed by atoms with van der Waals surface area (Å²) in [5.74, 6) is -2.20. The van der Waals surface area contributed by atoms with Crippen LogP contribution in [0.3, 0.4) is 0 Å². The number of rotatable bonds is 18. The number of benzene rings is 4. The maximum atomic E-state index is 15.2. The van der Waals surface area contributed by atoms with Crippen LogP contribution < -0.4 is 25.4 Å². The standard InChI is InChI=1S/C42H46Br2Cl2FN3O6/c1-7-25(5)48-30-13-23(3)11-28(15-30)21-54-41-32(43)18-31(19-33(41)44)50-37(51)20-39(53)56-38(52)10-9-27-16-34(45)42(35(46)17-27)55-22-29-12-24(4)14-36(40(29)47)49-26(6)8-2/h11-19,25-26,48-49H,7-10,20-22H2,1-6H3,(H,50,51). The second-order valence-corrected chi connectivity index (χ2v) is 16.2. The fourth-order valence-electron chi connectivity index (χ4n) is 5.60. The smallest absolute Gasteiger partial charge is 0.322 e. The van der Waals surface area contributed by atoms with Crippen molar-refractivity contribution >= 4 is 90.0 Å². The van der Waals surface area contributed by atoms with Gasteiger partial charge in [0.05, 0.1) is 31.1 Å². The third kappa shape index (κ3) is 13.4. The van der Waals surface area contributed by atoms with E-state index >= 15 is 4.39 Å². The lowest BCUT2D eigenvalue weighted by Gasteiger charge is -2.17. The molecule has 4 aromatic rings. The van der Waals surface area contributed by atoms with Gasteiger partial charge >= 0.3 is 11.9 Å². The number of hydrogen-bond acceptors (Lipinski definition) is 8. The highest BCUT2D eigenvalue weighted by atomic mass is 79.9. The first-order valence-electron chi connectivity index (χ1n) is 18.2. The maximum Gasteiger partial charge on any atom is 0.322 e. The number of halogens is 5. The Morgan fingerprint density at radius 1 is 0.732 bits per heavy atom. The summed E-state index contributed by atoms with van der Waals surface area (Å²) in [6.07, 6.45) is 1.12. The first kappa shape index (κ1) is 44.9. The number of nitrogens with one attached hydrogen (secondary N) is 3. The number of carbonyl (C=O) groups excluding carboxylic acids is 3. The van der Waals surface area contributed by atoms with E-state index in [1.807, 2.05) is 27.7 Å². The summed E-state index contributed by atoms with van der Waals surface area (Å²) in [7, 11) is 0. The van der Waals surface area contributed by atoms with Gasteiger partial charge in [0, 0.05) is 29.0 Å². The predicted molar refractivity (Wildman–Crippen MR) is 229 cm³/mol. The molecule has 4 rings (SSSR count). The summed E-state index contributed by atoms with van der Waals surface area (Å²) in [5, 5.41) is 9.65. The molecule has 0 fully saturated rings. The number of ether oxygens (including phenoxy) is 3. The van der Waals surface area contributed by atoms with Gasteiger partial charge in [-0.05, 0) is 150 Å². The van der Waals surface area contributed by atoms with Crippen molar-refractivity contribution in [2.75, 3.05) is 16.0 Å². The minimum Gasteiger partial charge on any atom is -0.487 e. The van der Waals surface area contributed by atoms with Gasteiger partial charge in [-0.1, -0.05) is 43.1 Å². The third-order valence-corrected chi connectivity index (χ3v) is 10.5.